The van der Waals surface area contributed by atoms with E-state index in [0.717, 1.165) is 6.26 Å². The largest absolute Gasteiger partial charge is 0.478 e. The lowest BCUT2D eigenvalue weighted by Gasteiger charge is -2.03. The predicted octanol–water partition coefficient (Wildman–Crippen LogP) is 1.10. The van der Waals surface area contributed by atoms with Gasteiger partial charge in [-0.25, -0.2) is 13.2 Å². The molecule has 1 aromatic carbocycles. The highest BCUT2D eigenvalue weighted by Crippen LogP contribution is 2.15. The van der Waals surface area contributed by atoms with Gasteiger partial charge in [0, 0.05) is 6.26 Å². The van der Waals surface area contributed by atoms with Crippen LogP contribution in [0.3, 0.4) is 0 Å². The molecule has 0 bridgehead atoms. The molecule has 0 aliphatic carbocycles. The Labute approximate surface area is 82.1 Å². The van der Waals surface area contributed by atoms with Crippen LogP contribution in [0, 0.1) is 6.92 Å². The topological polar surface area (TPSA) is 71.4 Å². The SMILES string of the molecule is Cc1cc(S(C)(=O)=O)ccc1C(=O)O. The Balaban J connectivity index is 3.34. The third kappa shape index (κ3) is 2.11. The molecule has 0 saturated heterocycles. The molecule has 0 unspecified atom stereocenters. The number of carboxylic acid groups (broad SMARTS) is 1. The standard InChI is InChI=1S/C9H10O4S/c1-6-5-7(14(2,12)13)3-4-8(6)9(10)11/h3-5H,1-2H3,(H,10,11). The first-order valence-corrected chi connectivity index (χ1v) is 5.75. The number of hydrogen-bond acceptors (Lipinski definition) is 3. The van der Waals surface area contributed by atoms with E-state index in [1.807, 2.05) is 0 Å². The molecule has 1 N–H and O–H groups in total. The molecule has 14 heavy (non-hydrogen) atoms. The normalized spacial score (nSPS) is 11.3. The summed E-state index contributed by atoms with van der Waals surface area (Å²) in [4.78, 5) is 10.8. The van der Waals surface area contributed by atoms with Gasteiger partial charge < -0.3 is 5.11 Å². The Kier molecular flexibility index (Phi) is 2.62. The van der Waals surface area contributed by atoms with Crippen LogP contribution in [0.1, 0.15) is 15.9 Å². The number of hydrogen-bond donors (Lipinski definition) is 1. The van der Waals surface area contributed by atoms with Crippen LogP contribution in [-0.2, 0) is 9.84 Å². The van der Waals surface area contributed by atoms with E-state index in [2.05, 4.69) is 0 Å². The van der Waals surface area contributed by atoms with Gasteiger partial charge in [0.15, 0.2) is 9.84 Å². The maximum Gasteiger partial charge on any atom is 0.335 e. The lowest BCUT2D eigenvalue weighted by atomic mass is 10.1. The van der Waals surface area contributed by atoms with Crippen LogP contribution < -0.4 is 0 Å². The number of benzene rings is 1. The predicted molar refractivity (Wildman–Crippen MR) is 51.2 cm³/mol. The summed E-state index contributed by atoms with van der Waals surface area (Å²) in [6.45, 7) is 1.57. The van der Waals surface area contributed by atoms with Crippen LogP contribution >= 0.6 is 0 Å². The van der Waals surface area contributed by atoms with Crippen LogP contribution in [0.4, 0.5) is 0 Å². The Morgan fingerprint density at radius 1 is 1.36 bits per heavy atom. The van der Waals surface area contributed by atoms with Gasteiger partial charge in [-0.05, 0) is 30.7 Å². The third-order valence-electron chi connectivity index (χ3n) is 1.86. The second kappa shape index (κ2) is 3.42. The quantitative estimate of drug-likeness (QED) is 0.800. The van der Waals surface area contributed by atoms with Crippen LogP contribution in [-0.4, -0.2) is 25.7 Å². The van der Waals surface area contributed by atoms with E-state index < -0.39 is 15.8 Å². The van der Waals surface area contributed by atoms with Crippen LogP contribution in [0.5, 0.6) is 0 Å². The lowest BCUT2D eigenvalue weighted by Crippen LogP contribution is -2.03. The summed E-state index contributed by atoms with van der Waals surface area (Å²) in [5.74, 6) is -1.05. The summed E-state index contributed by atoms with van der Waals surface area (Å²) in [6.07, 6.45) is 1.09. The van der Waals surface area contributed by atoms with E-state index in [0.29, 0.717) is 5.56 Å². The smallest absolute Gasteiger partial charge is 0.335 e. The fourth-order valence-corrected chi connectivity index (χ4v) is 1.81. The van der Waals surface area contributed by atoms with Gasteiger partial charge in [0.05, 0.1) is 10.5 Å². The maximum absolute atomic E-state index is 11.1. The maximum atomic E-state index is 11.1. The van der Waals surface area contributed by atoms with Gasteiger partial charge in [0.25, 0.3) is 0 Å². The van der Waals surface area contributed by atoms with E-state index in [1.165, 1.54) is 18.2 Å². The minimum absolute atomic E-state index is 0.123. The first-order valence-electron chi connectivity index (χ1n) is 3.86. The van der Waals surface area contributed by atoms with Gasteiger partial charge in [-0.2, -0.15) is 0 Å². The van der Waals surface area contributed by atoms with E-state index >= 15 is 0 Å². The molecular formula is C9H10O4S. The first kappa shape index (κ1) is 10.7. The molecule has 0 atom stereocenters. The first-order chi connectivity index (χ1) is 6.32. The highest BCUT2D eigenvalue weighted by molar-refractivity contribution is 7.90. The fourth-order valence-electron chi connectivity index (χ4n) is 1.11. The summed E-state index contributed by atoms with van der Waals surface area (Å²) in [5.41, 5.74) is 0.567. The van der Waals surface area contributed by atoms with Gasteiger partial charge in [-0.15, -0.1) is 0 Å². The van der Waals surface area contributed by atoms with Crippen molar-refractivity contribution in [2.75, 3.05) is 6.26 Å². The molecule has 0 aliphatic rings. The van der Waals surface area contributed by atoms with E-state index in [-0.39, 0.29) is 10.5 Å². The van der Waals surface area contributed by atoms with Crippen molar-refractivity contribution in [3.8, 4) is 0 Å². The molecular weight excluding hydrogens is 204 g/mol. The summed E-state index contributed by atoms with van der Waals surface area (Å²) in [6, 6.07) is 3.96. The van der Waals surface area contributed by atoms with Crippen molar-refractivity contribution in [3.05, 3.63) is 29.3 Å². The Hall–Kier alpha value is -1.36. The van der Waals surface area contributed by atoms with E-state index in [9.17, 15) is 13.2 Å². The molecule has 1 rings (SSSR count). The summed E-state index contributed by atoms with van der Waals surface area (Å²) >= 11 is 0. The molecule has 0 spiro atoms. The summed E-state index contributed by atoms with van der Waals surface area (Å²) < 4.78 is 22.2. The second-order valence-corrected chi connectivity index (χ2v) is 5.07. The molecule has 76 valence electrons. The Bertz CT molecular complexity index is 474. The zero-order valence-corrected chi connectivity index (χ0v) is 8.63. The summed E-state index contributed by atoms with van der Waals surface area (Å²) in [7, 11) is -3.26. The average molecular weight is 214 g/mol. The molecule has 4 nitrogen and oxygen atoms in total. The molecule has 0 amide bonds. The number of aromatic carboxylic acids is 1. The minimum Gasteiger partial charge on any atom is -0.478 e. The van der Waals surface area contributed by atoms with Crippen molar-refractivity contribution in [2.24, 2.45) is 0 Å². The van der Waals surface area contributed by atoms with E-state index in [1.54, 1.807) is 6.92 Å². The molecule has 0 saturated carbocycles. The van der Waals surface area contributed by atoms with Crippen LogP contribution in [0.15, 0.2) is 23.1 Å². The van der Waals surface area contributed by atoms with Gasteiger partial charge in [-0.3, -0.25) is 0 Å². The van der Waals surface area contributed by atoms with Crippen molar-refractivity contribution < 1.29 is 18.3 Å². The highest BCUT2D eigenvalue weighted by atomic mass is 32.2. The van der Waals surface area contributed by atoms with Gasteiger partial charge >= 0.3 is 5.97 Å². The van der Waals surface area contributed by atoms with Gasteiger partial charge in [-0.1, -0.05) is 0 Å². The van der Waals surface area contributed by atoms with Crippen molar-refractivity contribution in [1.29, 1.82) is 0 Å². The Morgan fingerprint density at radius 2 is 1.93 bits per heavy atom. The van der Waals surface area contributed by atoms with Crippen molar-refractivity contribution >= 4 is 15.8 Å². The zero-order chi connectivity index (χ0) is 10.9. The summed E-state index contributed by atoms with van der Waals surface area (Å²) in [5, 5.41) is 8.71. The average Bonchev–Trinajstić information content (AvgIpc) is 2.01. The number of carboxylic acids is 1. The highest BCUT2D eigenvalue weighted by Gasteiger charge is 2.11. The van der Waals surface area contributed by atoms with Crippen molar-refractivity contribution in [3.63, 3.8) is 0 Å². The second-order valence-electron chi connectivity index (χ2n) is 3.05. The molecule has 0 fully saturated rings. The van der Waals surface area contributed by atoms with Gasteiger partial charge in [0.1, 0.15) is 0 Å². The van der Waals surface area contributed by atoms with Crippen LogP contribution in [0.2, 0.25) is 0 Å². The van der Waals surface area contributed by atoms with Crippen molar-refractivity contribution in [2.45, 2.75) is 11.8 Å². The fraction of sp³-hybridized carbons (Fsp3) is 0.222. The number of carbonyl (C=O) groups is 1. The zero-order valence-electron chi connectivity index (χ0n) is 7.81. The molecule has 0 aliphatic heterocycles. The van der Waals surface area contributed by atoms with Crippen molar-refractivity contribution in [1.82, 2.24) is 0 Å². The monoisotopic (exact) mass is 214 g/mol. The molecule has 5 heteroatoms. The molecule has 0 heterocycles. The number of sulfone groups is 1. The van der Waals surface area contributed by atoms with Crippen LogP contribution in [0.25, 0.3) is 0 Å². The van der Waals surface area contributed by atoms with Gasteiger partial charge in [0.2, 0.25) is 0 Å². The molecule has 1 aromatic rings. The minimum atomic E-state index is -3.26. The lowest BCUT2D eigenvalue weighted by molar-refractivity contribution is 0.0696. The third-order valence-corrected chi connectivity index (χ3v) is 2.97. The Morgan fingerprint density at radius 3 is 2.29 bits per heavy atom. The molecule has 0 aromatic heterocycles. The number of aryl methyl sites for hydroxylation is 1. The number of rotatable bonds is 2. The van der Waals surface area contributed by atoms with E-state index in [4.69, 9.17) is 5.11 Å². The molecule has 0 radical (unpaired) electrons.